The average Bonchev–Trinajstić information content (AvgIpc) is 2.68. The molecule has 0 spiro atoms. The SMILES string of the molecule is Cc1nn(Cc2ccccc2Cl)c(C)c1CN(C)CC(=O)O. The Kier molecular flexibility index (Phi) is 5.21. The Morgan fingerprint density at radius 3 is 2.68 bits per heavy atom. The van der Waals surface area contributed by atoms with Gasteiger partial charge in [-0.25, -0.2) is 0 Å². The third-order valence-corrected chi connectivity index (χ3v) is 4.01. The number of benzene rings is 1. The van der Waals surface area contributed by atoms with Crippen LogP contribution in [0.25, 0.3) is 0 Å². The third kappa shape index (κ3) is 3.87. The second kappa shape index (κ2) is 6.94. The van der Waals surface area contributed by atoms with Crippen LogP contribution in [-0.2, 0) is 17.9 Å². The predicted octanol–water partition coefficient (Wildman–Crippen LogP) is 2.72. The molecule has 6 heteroatoms. The van der Waals surface area contributed by atoms with Gasteiger partial charge in [-0.05, 0) is 32.5 Å². The molecule has 0 aliphatic heterocycles. The van der Waals surface area contributed by atoms with E-state index in [1.54, 1.807) is 11.9 Å². The summed E-state index contributed by atoms with van der Waals surface area (Å²) in [6.07, 6.45) is 0. The summed E-state index contributed by atoms with van der Waals surface area (Å²) in [5.74, 6) is -0.832. The average molecular weight is 322 g/mol. The Hall–Kier alpha value is -1.85. The van der Waals surface area contributed by atoms with Gasteiger partial charge < -0.3 is 5.11 Å². The van der Waals surface area contributed by atoms with Gasteiger partial charge in [0.2, 0.25) is 0 Å². The molecule has 1 aromatic carbocycles. The summed E-state index contributed by atoms with van der Waals surface area (Å²) in [4.78, 5) is 12.5. The maximum Gasteiger partial charge on any atom is 0.317 e. The van der Waals surface area contributed by atoms with Crippen LogP contribution in [0.3, 0.4) is 0 Å². The first-order valence-corrected chi connectivity index (χ1v) is 7.43. The highest BCUT2D eigenvalue weighted by atomic mass is 35.5. The Morgan fingerprint density at radius 1 is 1.36 bits per heavy atom. The van der Waals surface area contributed by atoms with Gasteiger partial charge >= 0.3 is 5.97 Å². The molecule has 0 saturated heterocycles. The van der Waals surface area contributed by atoms with Crippen LogP contribution in [0.4, 0.5) is 0 Å². The lowest BCUT2D eigenvalue weighted by molar-refractivity contribution is -0.138. The van der Waals surface area contributed by atoms with Gasteiger partial charge in [0.1, 0.15) is 0 Å². The van der Waals surface area contributed by atoms with Gasteiger partial charge in [-0.2, -0.15) is 5.10 Å². The first kappa shape index (κ1) is 16.5. The topological polar surface area (TPSA) is 58.4 Å². The van der Waals surface area contributed by atoms with Crippen LogP contribution < -0.4 is 0 Å². The molecule has 0 amide bonds. The fourth-order valence-electron chi connectivity index (χ4n) is 2.46. The molecule has 22 heavy (non-hydrogen) atoms. The number of carboxylic acid groups (broad SMARTS) is 1. The summed E-state index contributed by atoms with van der Waals surface area (Å²) in [5.41, 5.74) is 4.03. The van der Waals surface area contributed by atoms with E-state index in [4.69, 9.17) is 16.7 Å². The summed E-state index contributed by atoms with van der Waals surface area (Å²) < 4.78 is 1.92. The Bertz CT molecular complexity index is 682. The number of carbonyl (C=O) groups is 1. The molecule has 0 saturated carbocycles. The predicted molar refractivity (Wildman–Crippen MR) is 86.2 cm³/mol. The zero-order valence-corrected chi connectivity index (χ0v) is 13.8. The van der Waals surface area contributed by atoms with Crippen molar-refractivity contribution in [2.24, 2.45) is 0 Å². The number of rotatable bonds is 6. The summed E-state index contributed by atoms with van der Waals surface area (Å²) in [5, 5.41) is 14.1. The Balaban J connectivity index is 2.20. The minimum Gasteiger partial charge on any atom is -0.480 e. The van der Waals surface area contributed by atoms with E-state index in [1.165, 1.54) is 0 Å². The van der Waals surface area contributed by atoms with Gasteiger partial charge in [0.15, 0.2) is 0 Å². The maximum absolute atomic E-state index is 10.8. The van der Waals surface area contributed by atoms with Crippen molar-refractivity contribution in [3.8, 4) is 0 Å². The molecule has 1 N–H and O–H groups in total. The number of halogens is 1. The van der Waals surface area contributed by atoms with Crippen molar-refractivity contribution >= 4 is 17.6 Å². The van der Waals surface area contributed by atoms with Gasteiger partial charge in [0.05, 0.1) is 18.8 Å². The largest absolute Gasteiger partial charge is 0.480 e. The van der Waals surface area contributed by atoms with Crippen LogP contribution in [0, 0.1) is 13.8 Å². The maximum atomic E-state index is 10.8. The molecule has 0 aliphatic rings. The molecular weight excluding hydrogens is 302 g/mol. The lowest BCUT2D eigenvalue weighted by atomic mass is 10.2. The lowest BCUT2D eigenvalue weighted by Crippen LogP contribution is -2.25. The van der Waals surface area contributed by atoms with Crippen molar-refractivity contribution in [2.75, 3.05) is 13.6 Å². The molecule has 1 aromatic heterocycles. The number of aromatic nitrogens is 2. The van der Waals surface area contributed by atoms with Gasteiger partial charge in [0, 0.05) is 22.8 Å². The fraction of sp³-hybridized carbons (Fsp3) is 0.375. The molecule has 118 valence electrons. The van der Waals surface area contributed by atoms with Crippen LogP contribution in [0.15, 0.2) is 24.3 Å². The van der Waals surface area contributed by atoms with Crippen molar-refractivity contribution < 1.29 is 9.90 Å². The number of hydrogen-bond donors (Lipinski definition) is 1. The molecule has 0 radical (unpaired) electrons. The molecule has 1 heterocycles. The van der Waals surface area contributed by atoms with E-state index >= 15 is 0 Å². The molecule has 0 fully saturated rings. The normalized spacial score (nSPS) is 11.1. The molecule has 2 aromatic rings. The van der Waals surface area contributed by atoms with E-state index in [9.17, 15) is 4.79 Å². The highest BCUT2D eigenvalue weighted by Crippen LogP contribution is 2.20. The number of hydrogen-bond acceptors (Lipinski definition) is 3. The van der Waals surface area contributed by atoms with E-state index in [-0.39, 0.29) is 6.54 Å². The summed E-state index contributed by atoms with van der Waals surface area (Å²) >= 11 is 6.20. The standard InChI is InChI=1S/C16H20ClN3O2/c1-11-14(9-19(3)10-16(21)22)12(2)20(18-11)8-13-6-4-5-7-15(13)17/h4-7H,8-10H2,1-3H3,(H,21,22). The van der Waals surface area contributed by atoms with E-state index in [0.29, 0.717) is 13.1 Å². The zero-order chi connectivity index (χ0) is 16.3. The monoisotopic (exact) mass is 321 g/mol. The van der Waals surface area contributed by atoms with E-state index < -0.39 is 5.97 Å². The van der Waals surface area contributed by atoms with Gasteiger partial charge in [-0.3, -0.25) is 14.4 Å². The first-order chi connectivity index (χ1) is 10.4. The first-order valence-electron chi connectivity index (χ1n) is 7.05. The van der Waals surface area contributed by atoms with Crippen molar-refractivity contribution in [2.45, 2.75) is 26.9 Å². The van der Waals surface area contributed by atoms with Crippen molar-refractivity contribution in [3.63, 3.8) is 0 Å². The number of likely N-dealkylation sites (N-methyl/N-ethyl adjacent to an activating group) is 1. The van der Waals surface area contributed by atoms with Crippen LogP contribution in [0.1, 0.15) is 22.5 Å². The molecule has 5 nitrogen and oxygen atoms in total. The molecule has 0 aliphatic carbocycles. The highest BCUT2D eigenvalue weighted by Gasteiger charge is 2.15. The fourth-order valence-corrected chi connectivity index (χ4v) is 2.66. The number of nitrogens with zero attached hydrogens (tertiary/aromatic N) is 3. The van der Waals surface area contributed by atoms with Gasteiger partial charge in [0.25, 0.3) is 0 Å². The summed E-state index contributed by atoms with van der Waals surface area (Å²) in [7, 11) is 1.79. The minimum atomic E-state index is -0.832. The Labute approximate surface area is 135 Å². The van der Waals surface area contributed by atoms with Gasteiger partial charge in [-0.15, -0.1) is 0 Å². The minimum absolute atomic E-state index is 0.00851. The Morgan fingerprint density at radius 2 is 2.05 bits per heavy atom. The quantitative estimate of drug-likeness (QED) is 0.888. The second-order valence-corrected chi connectivity index (χ2v) is 5.87. The van der Waals surface area contributed by atoms with Crippen molar-refractivity contribution in [3.05, 3.63) is 51.8 Å². The zero-order valence-electron chi connectivity index (χ0n) is 13.0. The number of aliphatic carboxylic acids is 1. The van der Waals surface area contributed by atoms with Crippen molar-refractivity contribution in [1.29, 1.82) is 0 Å². The number of aryl methyl sites for hydroxylation is 1. The molecule has 0 atom stereocenters. The molecule has 2 rings (SSSR count). The van der Waals surface area contributed by atoms with E-state index in [2.05, 4.69) is 5.10 Å². The van der Waals surface area contributed by atoms with Crippen LogP contribution >= 0.6 is 11.6 Å². The van der Waals surface area contributed by atoms with Crippen molar-refractivity contribution in [1.82, 2.24) is 14.7 Å². The van der Waals surface area contributed by atoms with E-state index in [1.807, 2.05) is 42.8 Å². The summed E-state index contributed by atoms with van der Waals surface area (Å²) in [6.45, 7) is 5.12. The molecule has 0 bridgehead atoms. The molecular formula is C16H20ClN3O2. The summed E-state index contributed by atoms with van der Waals surface area (Å²) in [6, 6.07) is 7.70. The smallest absolute Gasteiger partial charge is 0.317 e. The van der Waals surface area contributed by atoms with Crippen LogP contribution in [0.5, 0.6) is 0 Å². The number of carboxylic acids is 1. The van der Waals surface area contributed by atoms with Gasteiger partial charge in [-0.1, -0.05) is 29.8 Å². The second-order valence-electron chi connectivity index (χ2n) is 5.46. The van der Waals surface area contributed by atoms with Crippen LogP contribution in [-0.4, -0.2) is 39.3 Å². The highest BCUT2D eigenvalue weighted by molar-refractivity contribution is 6.31. The lowest BCUT2D eigenvalue weighted by Gasteiger charge is -2.14. The molecule has 0 unspecified atom stereocenters. The van der Waals surface area contributed by atoms with Crippen LogP contribution in [0.2, 0.25) is 5.02 Å². The van der Waals surface area contributed by atoms with E-state index in [0.717, 1.165) is 27.5 Å². The third-order valence-electron chi connectivity index (χ3n) is 3.64.